The van der Waals surface area contributed by atoms with Crippen LogP contribution >= 0.6 is 0 Å². The van der Waals surface area contributed by atoms with Gasteiger partial charge in [0.25, 0.3) is 0 Å². The molecule has 0 saturated heterocycles. The van der Waals surface area contributed by atoms with Gasteiger partial charge in [-0.15, -0.1) is 6.58 Å². The maximum absolute atomic E-state index is 5.57. The molecule has 0 aromatic heterocycles. The lowest BCUT2D eigenvalue weighted by atomic mass is 10.4. The standard InChI is InChI=1S/C9H19O2Si/c1-4-6-8-11-12(10-3)9-7-5-2/h5H,2,4,6-9H2,1,3H3. The van der Waals surface area contributed by atoms with Gasteiger partial charge in [-0.3, -0.25) is 0 Å². The summed E-state index contributed by atoms with van der Waals surface area (Å²) in [4.78, 5) is 0. The molecule has 3 heteroatoms. The summed E-state index contributed by atoms with van der Waals surface area (Å²) >= 11 is 0. The van der Waals surface area contributed by atoms with E-state index < -0.39 is 9.28 Å². The average Bonchev–Trinajstić information content (AvgIpc) is 2.11. The summed E-state index contributed by atoms with van der Waals surface area (Å²) < 4.78 is 10.8. The molecule has 0 atom stereocenters. The maximum Gasteiger partial charge on any atom is 0.384 e. The number of hydrogen-bond donors (Lipinski definition) is 0. The Morgan fingerprint density at radius 2 is 2.25 bits per heavy atom. The highest BCUT2D eigenvalue weighted by Gasteiger charge is 2.11. The predicted molar refractivity (Wildman–Crippen MR) is 53.2 cm³/mol. The quantitative estimate of drug-likeness (QED) is 0.330. The molecule has 0 heterocycles. The molecule has 0 fully saturated rings. The van der Waals surface area contributed by atoms with Gasteiger partial charge in [0.05, 0.1) is 0 Å². The Bertz CT molecular complexity index is 107. The van der Waals surface area contributed by atoms with E-state index in [4.69, 9.17) is 8.85 Å². The van der Waals surface area contributed by atoms with Gasteiger partial charge in [-0.05, 0) is 18.9 Å². The summed E-state index contributed by atoms with van der Waals surface area (Å²) in [6, 6.07) is 1.01. The second-order valence-corrected chi connectivity index (χ2v) is 4.55. The van der Waals surface area contributed by atoms with Crippen molar-refractivity contribution < 1.29 is 8.85 Å². The van der Waals surface area contributed by atoms with E-state index in [1.807, 2.05) is 6.08 Å². The molecule has 0 spiro atoms. The fourth-order valence-electron chi connectivity index (χ4n) is 0.783. The lowest BCUT2D eigenvalue weighted by Gasteiger charge is -2.10. The molecule has 0 aromatic carbocycles. The van der Waals surface area contributed by atoms with Crippen LogP contribution in [0, 0.1) is 0 Å². The monoisotopic (exact) mass is 187 g/mol. The summed E-state index contributed by atoms with van der Waals surface area (Å²) in [7, 11) is 0.735. The first-order chi connectivity index (χ1) is 5.85. The normalized spacial score (nSPS) is 10.6. The molecule has 2 nitrogen and oxygen atoms in total. The van der Waals surface area contributed by atoms with Crippen LogP contribution in [-0.2, 0) is 8.85 Å². The summed E-state index contributed by atoms with van der Waals surface area (Å²) in [5.74, 6) is 0. The first-order valence-corrected chi connectivity index (χ1v) is 6.01. The van der Waals surface area contributed by atoms with Crippen LogP contribution in [0.5, 0.6) is 0 Å². The van der Waals surface area contributed by atoms with Gasteiger partial charge in [0, 0.05) is 13.7 Å². The van der Waals surface area contributed by atoms with E-state index in [9.17, 15) is 0 Å². The number of unbranched alkanes of at least 4 members (excludes halogenated alkanes) is 1. The van der Waals surface area contributed by atoms with Crippen LogP contribution in [-0.4, -0.2) is 23.0 Å². The summed E-state index contributed by atoms with van der Waals surface area (Å²) in [5.41, 5.74) is 0. The third-order valence-corrected chi connectivity index (χ3v) is 3.22. The van der Waals surface area contributed by atoms with Crippen LogP contribution in [0.1, 0.15) is 26.2 Å². The van der Waals surface area contributed by atoms with Crippen molar-refractivity contribution in [2.24, 2.45) is 0 Å². The topological polar surface area (TPSA) is 18.5 Å². The first kappa shape index (κ1) is 11.9. The number of hydrogen-bond acceptors (Lipinski definition) is 2. The van der Waals surface area contributed by atoms with E-state index in [2.05, 4.69) is 13.5 Å². The number of allylic oxidation sites excluding steroid dienone is 1. The molecule has 0 aliphatic carbocycles. The molecule has 0 aliphatic rings. The molecule has 12 heavy (non-hydrogen) atoms. The molecule has 71 valence electrons. The van der Waals surface area contributed by atoms with Crippen molar-refractivity contribution >= 4 is 9.28 Å². The van der Waals surface area contributed by atoms with Crippen LogP contribution in [0.3, 0.4) is 0 Å². The minimum atomic E-state index is -0.990. The molecule has 0 aliphatic heterocycles. The molecule has 0 bridgehead atoms. The Labute approximate surface area is 77.4 Å². The molecule has 0 N–H and O–H groups in total. The van der Waals surface area contributed by atoms with Crippen molar-refractivity contribution in [1.29, 1.82) is 0 Å². The molecule has 0 aromatic rings. The van der Waals surface area contributed by atoms with Gasteiger partial charge in [0.15, 0.2) is 0 Å². The van der Waals surface area contributed by atoms with Gasteiger partial charge in [-0.1, -0.05) is 19.4 Å². The zero-order valence-electron chi connectivity index (χ0n) is 8.14. The highest BCUT2D eigenvalue weighted by atomic mass is 28.3. The van der Waals surface area contributed by atoms with Gasteiger partial charge in [0.1, 0.15) is 0 Å². The first-order valence-electron chi connectivity index (χ1n) is 4.48. The van der Waals surface area contributed by atoms with Crippen molar-refractivity contribution in [3.63, 3.8) is 0 Å². The number of rotatable bonds is 8. The molecular weight excluding hydrogens is 168 g/mol. The van der Waals surface area contributed by atoms with Crippen molar-refractivity contribution in [3.8, 4) is 0 Å². The largest absolute Gasteiger partial charge is 0.397 e. The van der Waals surface area contributed by atoms with Crippen molar-refractivity contribution in [3.05, 3.63) is 12.7 Å². The van der Waals surface area contributed by atoms with Crippen LogP contribution < -0.4 is 0 Å². The van der Waals surface area contributed by atoms with Gasteiger partial charge in [-0.2, -0.15) is 0 Å². The summed E-state index contributed by atoms with van der Waals surface area (Å²) in [6.45, 7) is 6.67. The zero-order valence-corrected chi connectivity index (χ0v) is 9.14. The molecule has 0 unspecified atom stereocenters. The molecule has 0 rings (SSSR count). The summed E-state index contributed by atoms with van der Waals surface area (Å²) in [6.07, 6.45) is 5.22. The highest BCUT2D eigenvalue weighted by molar-refractivity contribution is 6.44. The zero-order chi connectivity index (χ0) is 9.23. The van der Waals surface area contributed by atoms with Gasteiger partial charge in [-0.25, -0.2) is 0 Å². The second-order valence-electron chi connectivity index (χ2n) is 2.61. The predicted octanol–water partition coefficient (Wildman–Crippen LogP) is 2.51. The Morgan fingerprint density at radius 1 is 1.50 bits per heavy atom. The third kappa shape index (κ3) is 6.58. The van der Waals surface area contributed by atoms with Gasteiger partial charge in [0.2, 0.25) is 0 Å². The van der Waals surface area contributed by atoms with E-state index in [1.165, 1.54) is 6.42 Å². The Kier molecular flexibility index (Phi) is 8.88. The van der Waals surface area contributed by atoms with Crippen LogP contribution in [0.15, 0.2) is 12.7 Å². The maximum atomic E-state index is 5.57. The minimum Gasteiger partial charge on any atom is -0.397 e. The summed E-state index contributed by atoms with van der Waals surface area (Å²) in [5, 5.41) is 0. The van der Waals surface area contributed by atoms with Gasteiger partial charge < -0.3 is 8.85 Å². The molecule has 0 amide bonds. The Morgan fingerprint density at radius 3 is 2.75 bits per heavy atom. The second kappa shape index (κ2) is 8.97. The van der Waals surface area contributed by atoms with Crippen molar-refractivity contribution in [2.45, 2.75) is 32.2 Å². The lowest BCUT2D eigenvalue weighted by Crippen LogP contribution is -2.21. The van der Waals surface area contributed by atoms with E-state index in [0.29, 0.717) is 0 Å². The molecule has 1 radical (unpaired) electrons. The average molecular weight is 187 g/mol. The third-order valence-electron chi connectivity index (χ3n) is 1.54. The van der Waals surface area contributed by atoms with Crippen molar-refractivity contribution in [2.75, 3.05) is 13.7 Å². The SMILES string of the molecule is C=CCC[Si](OC)OCCCC. The fourth-order valence-corrected chi connectivity index (χ4v) is 2.06. The van der Waals surface area contributed by atoms with E-state index >= 15 is 0 Å². The van der Waals surface area contributed by atoms with Crippen LogP contribution in [0.25, 0.3) is 0 Å². The Hall–Kier alpha value is -0.123. The van der Waals surface area contributed by atoms with Crippen molar-refractivity contribution in [1.82, 2.24) is 0 Å². The highest BCUT2D eigenvalue weighted by Crippen LogP contribution is 2.02. The van der Waals surface area contributed by atoms with Gasteiger partial charge >= 0.3 is 9.28 Å². The smallest absolute Gasteiger partial charge is 0.384 e. The molecule has 0 saturated carbocycles. The van der Waals surface area contributed by atoms with Crippen LogP contribution in [0.4, 0.5) is 0 Å². The van der Waals surface area contributed by atoms with E-state index in [0.717, 1.165) is 25.5 Å². The molecular formula is C9H19O2Si. The van der Waals surface area contributed by atoms with Crippen LogP contribution in [0.2, 0.25) is 6.04 Å². The van der Waals surface area contributed by atoms with E-state index in [1.54, 1.807) is 7.11 Å². The fraction of sp³-hybridized carbons (Fsp3) is 0.778. The lowest BCUT2D eigenvalue weighted by molar-refractivity contribution is 0.225. The Balaban J connectivity index is 3.32. The minimum absolute atomic E-state index is 0.843. The van der Waals surface area contributed by atoms with E-state index in [-0.39, 0.29) is 0 Å².